The van der Waals surface area contributed by atoms with Gasteiger partial charge in [0, 0.05) is 32.6 Å². The highest BCUT2D eigenvalue weighted by molar-refractivity contribution is 6.37. The lowest BCUT2D eigenvalue weighted by molar-refractivity contribution is 0.0723. The summed E-state index contributed by atoms with van der Waals surface area (Å²) in [6.45, 7) is 4.82. The van der Waals surface area contributed by atoms with E-state index in [1.807, 2.05) is 6.92 Å². The van der Waals surface area contributed by atoms with Crippen molar-refractivity contribution in [3.8, 4) is 5.69 Å². The predicted molar refractivity (Wildman–Crippen MR) is 96.8 cm³/mol. The van der Waals surface area contributed by atoms with Crippen molar-refractivity contribution in [2.24, 2.45) is 0 Å². The summed E-state index contributed by atoms with van der Waals surface area (Å²) in [5.41, 5.74) is 0.555. The number of piperazine rings is 1. The molecule has 2 aromatic rings. The molecule has 1 aliphatic rings. The highest BCUT2D eigenvalue weighted by Gasteiger charge is 2.24. The summed E-state index contributed by atoms with van der Waals surface area (Å²) in [5, 5.41) is 8.53. The third-order valence-corrected chi connectivity index (χ3v) is 4.35. The third kappa shape index (κ3) is 3.67. The van der Waals surface area contributed by atoms with Gasteiger partial charge in [0.1, 0.15) is 11.5 Å². The Labute approximate surface area is 156 Å². The number of halogens is 3. The van der Waals surface area contributed by atoms with Gasteiger partial charge in [-0.3, -0.25) is 4.79 Å². The molecule has 1 aromatic heterocycles. The number of aryl methyl sites for hydroxylation is 1. The molecule has 130 valence electrons. The van der Waals surface area contributed by atoms with Crippen molar-refractivity contribution in [1.29, 1.82) is 0 Å². The normalized spacial score (nSPS) is 14.4. The average Bonchev–Trinajstić information content (AvgIpc) is 2.99. The number of nitrogens with zero attached hydrogens (tertiary/aromatic N) is 4. The van der Waals surface area contributed by atoms with Crippen LogP contribution in [0.4, 0.5) is 0 Å². The number of aromatic nitrogens is 3. The topological polar surface area (TPSA) is 63.1 Å². The second-order valence-electron chi connectivity index (χ2n) is 5.23. The third-order valence-electron chi connectivity index (χ3n) is 3.74. The summed E-state index contributed by atoms with van der Waals surface area (Å²) in [6.07, 6.45) is 0.614. The Bertz CT molecular complexity index is 708. The number of amides is 1. The van der Waals surface area contributed by atoms with Gasteiger partial charge in [-0.15, -0.1) is 17.5 Å². The van der Waals surface area contributed by atoms with Crippen molar-refractivity contribution in [2.45, 2.75) is 13.3 Å². The van der Waals surface area contributed by atoms with Crippen molar-refractivity contribution in [3.63, 3.8) is 0 Å². The van der Waals surface area contributed by atoms with E-state index in [-0.39, 0.29) is 24.1 Å². The van der Waals surface area contributed by atoms with Gasteiger partial charge in [-0.2, -0.15) is 0 Å². The van der Waals surface area contributed by atoms with Crippen LogP contribution in [-0.2, 0) is 6.42 Å². The van der Waals surface area contributed by atoms with Crippen LogP contribution < -0.4 is 5.32 Å². The van der Waals surface area contributed by atoms with Crippen molar-refractivity contribution in [3.05, 3.63) is 39.9 Å². The molecule has 1 saturated heterocycles. The van der Waals surface area contributed by atoms with Crippen LogP contribution in [0.5, 0.6) is 0 Å². The number of para-hydroxylation sites is 1. The Morgan fingerprint density at radius 2 is 1.88 bits per heavy atom. The lowest BCUT2D eigenvalue weighted by atomic mass is 10.3. The zero-order valence-electron chi connectivity index (χ0n) is 13.1. The number of benzene rings is 1. The average molecular weight is 391 g/mol. The van der Waals surface area contributed by atoms with Gasteiger partial charge < -0.3 is 10.2 Å². The standard InChI is InChI=1S/C15H17Cl2N5O.ClH/c1-2-12-19-14(15(23)21-8-6-18-7-9-21)20-22(12)13-10(16)4-3-5-11(13)17;/h3-5,18H,2,6-9H2,1H3;1H. The SMILES string of the molecule is CCc1nc(C(=O)N2CCNCC2)nn1-c1c(Cl)cccc1Cl.Cl. The maximum atomic E-state index is 12.6. The summed E-state index contributed by atoms with van der Waals surface area (Å²) < 4.78 is 1.57. The molecule has 0 aliphatic carbocycles. The minimum Gasteiger partial charge on any atom is -0.333 e. The molecule has 0 atom stereocenters. The number of rotatable bonds is 3. The van der Waals surface area contributed by atoms with E-state index in [1.54, 1.807) is 27.8 Å². The minimum atomic E-state index is -0.164. The number of carbonyl (C=O) groups excluding carboxylic acids is 1. The quantitative estimate of drug-likeness (QED) is 0.875. The second kappa shape index (κ2) is 8.16. The Kier molecular flexibility index (Phi) is 6.46. The van der Waals surface area contributed by atoms with Crippen LogP contribution in [0.25, 0.3) is 5.69 Å². The largest absolute Gasteiger partial charge is 0.333 e. The van der Waals surface area contributed by atoms with Gasteiger partial charge in [0.25, 0.3) is 5.91 Å². The first-order valence-electron chi connectivity index (χ1n) is 7.52. The minimum absolute atomic E-state index is 0. The Morgan fingerprint density at radius 1 is 1.25 bits per heavy atom. The number of nitrogens with one attached hydrogen (secondary N) is 1. The van der Waals surface area contributed by atoms with Gasteiger partial charge in [0.05, 0.1) is 10.0 Å². The molecular formula is C15H18Cl3N5O. The zero-order chi connectivity index (χ0) is 16.4. The van der Waals surface area contributed by atoms with Gasteiger partial charge in [0.2, 0.25) is 5.82 Å². The van der Waals surface area contributed by atoms with E-state index in [0.717, 1.165) is 13.1 Å². The van der Waals surface area contributed by atoms with E-state index in [1.165, 1.54) is 0 Å². The lowest BCUT2D eigenvalue weighted by Crippen LogP contribution is -2.46. The summed E-state index contributed by atoms with van der Waals surface area (Å²) in [5.74, 6) is 0.668. The zero-order valence-corrected chi connectivity index (χ0v) is 15.5. The smallest absolute Gasteiger partial charge is 0.293 e. The molecule has 0 bridgehead atoms. The van der Waals surface area contributed by atoms with E-state index in [0.29, 0.717) is 41.1 Å². The molecule has 1 aromatic carbocycles. The molecule has 0 spiro atoms. The summed E-state index contributed by atoms with van der Waals surface area (Å²) in [7, 11) is 0. The highest BCUT2D eigenvalue weighted by Crippen LogP contribution is 2.28. The summed E-state index contributed by atoms with van der Waals surface area (Å²) >= 11 is 12.5. The summed E-state index contributed by atoms with van der Waals surface area (Å²) in [6, 6.07) is 5.24. The van der Waals surface area contributed by atoms with E-state index in [2.05, 4.69) is 15.4 Å². The lowest BCUT2D eigenvalue weighted by Gasteiger charge is -2.26. The van der Waals surface area contributed by atoms with Crippen LogP contribution >= 0.6 is 35.6 Å². The molecule has 24 heavy (non-hydrogen) atoms. The van der Waals surface area contributed by atoms with Crippen molar-refractivity contribution in [1.82, 2.24) is 25.0 Å². The number of carbonyl (C=O) groups is 1. The van der Waals surface area contributed by atoms with Crippen LogP contribution in [0.3, 0.4) is 0 Å². The molecule has 0 saturated carbocycles. The first-order chi connectivity index (χ1) is 11.1. The first-order valence-corrected chi connectivity index (χ1v) is 8.27. The van der Waals surface area contributed by atoms with Gasteiger partial charge in [0.15, 0.2) is 0 Å². The predicted octanol–water partition coefficient (Wildman–Crippen LogP) is 2.60. The molecular weight excluding hydrogens is 373 g/mol. The fraction of sp³-hybridized carbons (Fsp3) is 0.400. The molecule has 1 amide bonds. The highest BCUT2D eigenvalue weighted by atomic mass is 35.5. The van der Waals surface area contributed by atoms with E-state index < -0.39 is 0 Å². The fourth-order valence-electron chi connectivity index (χ4n) is 2.54. The molecule has 9 heteroatoms. The van der Waals surface area contributed by atoms with Crippen LogP contribution in [-0.4, -0.2) is 51.8 Å². The molecule has 3 rings (SSSR count). The molecule has 1 fully saturated rings. The molecule has 2 heterocycles. The van der Waals surface area contributed by atoms with Gasteiger partial charge in [-0.25, -0.2) is 9.67 Å². The van der Waals surface area contributed by atoms with Gasteiger partial charge in [-0.1, -0.05) is 36.2 Å². The fourth-order valence-corrected chi connectivity index (χ4v) is 3.10. The van der Waals surface area contributed by atoms with E-state index in [4.69, 9.17) is 23.2 Å². The Hall–Kier alpha value is -1.34. The molecule has 1 aliphatic heterocycles. The van der Waals surface area contributed by atoms with Crippen molar-refractivity contribution < 1.29 is 4.79 Å². The van der Waals surface area contributed by atoms with E-state index >= 15 is 0 Å². The number of hydrogen-bond acceptors (Lipinski definition) is 4. The number of hydrogen-bond donors (Lipinski definition) is 1. The molecule has 0 radical (unpaired) electrons. The first kappa shape index (κ1) is 19.0. The van der Waals surface area contributed by atoms with Crippen LogP contribution in [0.2, 0.25) is 10.0 Å². The molecule has 6 nitrogen and oxygen atoms in total. The Morgan fingerprint density at radius 3 is 2.46 bits per heavy atom. The molecule has 1 N–H and O–H groups in total. The van der Waals surface area contributed by atoms with Crippen LogP contribution in [0.15, 0.2) is 18.2 Å². The second-order valence-corrected chi connectivity index (χ2v) is 6.04. The Balaban J connectivity index is 0.00000208. The van der Waals surface area contributed by atoms with Crippen LogP contribution in [0, 0.1) is 0 Å². The maximum Gasteiger partial charge on any atom is 0.293 e. The monoisotopic (exact) mass is 389 g/mol. The van der Waals surface area contributed by atoms with Gasteiger partial charge in [-0.05, 0) is 12.1 Å². The van der Waals surface area contributed by atoms with Gasteiger partial charge >= 0.3 is 0 Å². The molecule has 0 unspecified atom stereocenters. The maximum absolute atomic E-state index is 12.6. The van der Waals surface area contributed by atoms with Crippen molar-refractivity contribution >= 4 is 41.5 Å². The van der Waals surface area contributed by atoms with E-state index in [9.17, 15) is 4.79 Å². The summed E-state index contributed by atoms with van der Waals surface area (Å²) in [4.78, 5) is 18.7. The van der Waals surface area contributed by atoms with Crippen molar-refractivity contribution in [2.75, 3.05) is 26.2 Å². The van der Waals surface area contributed by atoms with Crippen LogP contribution in [0.1, 0.15) is 23.4 Å².